The Morgan fingerprint density at radius 1 is 0.966 bits per heavy atom. The average Bonchev–Trinajstić information content (AvgIpc) is 2.78. The van der Waals surface area contributed by atoms with Crippen molar-refractivity contribution in [3.05, 3.63) is 89.2 Å². The minimum atomic E-state index is -0.176. The monoisotopic (exact) mass is 403 g/mol. The van der Waals surface area contributed by atoms with Gasteiger partial charge in [-0.15, -0.1) is 11.8 Å². The number of carbonyl (C=O) groups is 2. The van der Waals surface area contributed by atoms with Crippen molar-refractivity contribution in [2.45, 2.75) is 17.9 Å². The van der Waals surface area contributed by atoms with E-state index in [2.05, 4.69) is 10.3 Å². The van der Waals surface area contributed by atoms with Gasteiger partial charge in [0.15, 0.2) is 0 Å². The zero-order valence-electron chi connectivity index (χ0n) is 16.1. The number of benzene rings is 2. The predicted octanol–water partition coefficient (Wildman–Crippen LogP) is 4.25. The van der Waals surface area contributed by atoms with Gasteiger partial charge in [-0.2, -0.15) is 0 Å². The van der Waals surface area contributed by atoms with E-state index in [1.54, 1.807) is 36.3 Å². The summed E-state index contributed by atoms with van der Waals surface area (Å²) in [6.45, 7) is 1.23. The first-order valence-corrected chi connectivity index (χ1v) is 10.6. The number of nitrogens with zero attached hydrogens (tertiary/aromatic N) is 2. The van der Waals surface area contributed by atoms with Gasteiger partial charge in [0.1, 0.15) is 0 Å². The van der Waals surface area contributed by atoms with Gasteiger partial charge in [-0.05, 0) is 72.3 Å². The quantitative estimate of drug-likeness (QED) is 0.662. The number of hydrogen-bond acceptors (Lipinski definition) is 4. The maximum Gasteiger partial charge on any atom is 0.255 e. The number of thioether (sulfide) groups is 1. The van der Waals surface area contributed by atoms with Gasteiger partial charge in [-0.25, -0.2) is 0 Å². The van der Waals surface area contributed by atoms with Gasteiger partial charge in [0, 0.05) is 47.2 Å². The van der Waals surface area contributed by atoms with Crippen LogP contribution in [0.3, 0.4) is 0 Å². The Balaban J connectivity index is 1.48. The van der Waals surface area contributed by atoms with Crippen LogP contribution in [-0.2, 0) is 13.0 Å². The van der Waals surface area contributed by atoms with Crippen molar-refractivity contribution in [1.82, 2.24) is 9.88 Å². The van der Waals surface area contributed by atoms with Gasteiger partial charge in [0.2, 0.25) is 0 Å². The van der Waals surface area contributed by atoms with Gasteiger partial charge >= 0.3 is 0 Å². The number of amides is 2. The molecule has 29 heavy (non-hydrogen) atoms. The highest BCUT2D eigenvalue weighted by Gasteiger charge is 2.22. The van der Waals surface area contributed by atoms with Crippen LogP contribution in [0.1, 0.15) is 31.8 Å². The van der Waals surface area contributed by atoms with Crippen molar-refractivity contribution < 1.29 is 9.59 Å². The molecule has 1 aliphatic rings. The van der Waals surface area contributed by atoms with Crippen molar-refractivity contribution >= 4 is 29.3 Å². The third kappa shape index (κ3) is 4.32. The molecule has 0 bridgehead atoms. The number of aromatic nitrogens is 1. The van der Waals surface area contributed by atoms with Gasteiger partial charge in [0.25, 0.3) is 11.8 Å². The van der Waals surface area contributed by atoms with Crippen LogP contribution in [0.25, 0.3) is 0 Å². The van der Waals surface area contributed by atoms with Crippen molar-refractivity contribution in [1.29, 1.82) is 0 Å². The van der Waals surface area contributed by atoms with E-state index in [9.17, 15) is 9.59 Å². The maximum atomic E-state index is 12.9. The molecule has 0 saturated heterocycles. The van der Waals surface area contributed by atoms with Crippen LogP contribution in [0.4, 0.5) is 5.69 Å². The molecule has 1 aromatic heterocycles. The fourth-order valence-electron chi connectivity index (χ4n) is 3.43. The summed E-state index contributed by atoms with van der Waals surface area (Å²) in [5.74, 6) is -0.139. The van der Waals surface area contributed by atoms with E-state index in [0.717, 1.165) is 22.6 Å². The molecular weight excluding hydrogens is 382 g/mol. The summed E-state index contributed by atoms with van der Waals surface area (Å²) in [5.41, 5.74) is 4.27. The lowest BCUT2D eigenvalue weighted by atomic mass is 9.98. The number of anilines is 1. The van der Waals surface area contributed by atoms with Crippen LogP contribution < -0.4 is 5.32 Å². The molecule has 2 heterocycles. The summed E-state index contributed by atoms with van der Waals surface area (Å²) in [6.07, 6.45) is 6.01. The molecule has 2 aromatic carbocycles. The smallest absolute Gasteiger partial charge is 0.255 e. The summed E-state index contributed by atoms with van der Waals surface area (Å²) in [4.78, 5) is 32.2. The number of fused-ring (bicyclic) bond motifs is 1. The molecular formula is C23H21N3O2S. The lowest BCUT2D eigenvalue weighted by Crippen LogP contribution is -2.36. The second-order valence-corrected chi connectivity index (χ2v) is 7.76. The standard InChI is InChI=1S/C23H21N3O2S/c1-29-21-6-3-18(4-7-21)23(28)26-13-10-16-2-5-20(14-19(16)15-26)25-22(27)17-8-11-24-12-9-17/h2-9,11-12,14H,10,13,15H2,1H3,(H,25,27). The molecule has 146 valence electrons. The highest BCUT2D eigenvalue weighted by Crippen LogP contribution is 2.25. The maximum absolute atomic E-state index is 12.9. The molecule has 0 atom stereocenters. The molecule has 0 spiro atoms. The molecule has 0 saturated carbocycles. The Bertz CT molecular complexity index is 1040. The SMILES string of the molecule is CSc1ccc(C(=O)N2CCc3ccc(NC(=O)c4ccncc4)cc3C2)cc1. The fraction of sp³-hybridized carbons (Fsp3) is 0.174. The second kappa shape index (κ2) is 8.49. The zero-order chi connectivity index (χ0) is 20.2. The van der Waals surface area contributed by atoms with Crippen LogP contribution >= 0.6 is 11.8 Å². The Hall–Kier alpha value is -3.12. The van der Waals surface area contributed by atoms with E-state index < -0.39 is 0 Å². The lowest BCUT2D eigenvalue weighted by Gasteiger charge is -2.29. The van der Waals surface area contributed by atoms with E-state index in [4.69, 9.17) is 0 Å². The molecule has 6 heteroatoms. The third-order valence-electron chi connectivity index (χ3n) is 5.04. The van der Waals surface area contributed by atoms with E-state index in [1.807, 2.05) is 53.6 Å². The predicted molar refractivity (Wildman–Crippen MR) is 115 cm³/mol. The molecule has 4 rings (SSSR count). The first kappa shape index (κ1) is 19.2. The third-order valence-corrected chi connectivity index (χ3v) is 5.79. The first-order chi connectivity index (χ1) is 14.1. The minimum Gasteiger partial charge on any atom is -0.334 e. The van der Waals surface area contributed by atoms with Crippen molar-refractivity contribution in [3.8, 4) is 0 Å². The Kier molecular flexibility index (Phi) is 5.62. The van der Waals surface area contributed by atoms with Gasteiger partial charge in [-0.3, -0.25) is 14.6 Å². The van der Waals surface area contributed by atoms with Crippen molar-refractivity contribution in [2.75, 3.05) is 18.1 Å². The van der Waals surface area contributed by atoms with Crippen LogP contribution in [0, 0.1) is 0 Å². The van der Waals surface area contributed by atoms with Crippen LogP contribution in [0.2, 0.25) is 0 Å². The topological polar surface area (TPSA) is 62.3 Å². The second-order valence-electron chi connectivity index (χ2n) is 6.88. The number of hydrogen-bond donors (Lipinski definition) is 1. The van der Waals surface area contributed by atoms with Crippen molar-refractivity contribution in [3.63, 3.8) is 0 Å². The molecule has 3 aromatic rings. The first-order valence-electron chi connectivity index (χ1n) is 9.40. The molecule has 0 unspecified atom stereocenters. The Morgan fingerprint density at radius 2 is 1.72 bits per heavy atom. The fourth-order valence-corrected chi connectivity index (χ4v) is 3.84. The van der Waals surface area contributed by atoms with Crippen LogP contribution in [-0.4, -0.2) is 34.5 Å². The summed E-state index contributed by atoms with van der Waals surface area (Å²) in [7, 11) is 0. The van der Waals surface area contributed by atoms with E-state index in [-0.39, 0.29) is 11.8 Å². The molecule has 1 aliphatic heterocycles. The largest absolute Gasteiger partial charge is 0.334 e. The molecule has 0 fully saturated rings. The summed E-state index contributed by atoms with van der Waals surface area (Å²) in [6, 6.07) is 17.0. The average molecular weight is 404 g/mol. The number of carbonyl (C=O) groups excluding carboxylic acids is 2. The van der Waals surface area contributed by atoms with Crippen LogP contribution in [0.5, 0.6) is 0 Å². The van der Waals surface area contributed by atoms with E-state index >= 15 is 0 Å². The zero-order valence-corrected chi connectivity index (χ0v) is 16.9. The van der Waals surface area contributed by atoms with Gasteiger partial charge in [-0.1, -0.05) is 6.07 Å². The molecule has 0 aliphatic carbocycles. The highest BCUT2D eigenvalue weighted by atomic mass is 32.2. The van der Waals surface area contributed by atoms with Crippen molar-refractivity contribution in [2.24, 2.45) is 0 Å². The summed E-state index contributed by atoms with van der Waals surface area (Å²) in [5, 5.41) is 2.92. The molecule has 1 N–H and O–H groups in total. The Labute approximate surface area is 174 Å². The Morgan fingerprint density at radius 3 is 2.45 bits per heavy atom. The lowest BCUT2D eigenvalue weighted by molar-refractivity contribution is 0.0734. The summed E-state index contributed by atoms with van der Waals surface area (Å²) >= 11 is 1.66. The minimum absolute atomic E-state index is 0.0366. The highest BCUT2D eigenvalue weighted by molar-refractivity contribution is 7.98. The van der Waals surface area contributed by atoms with Gasteiger partial charge in [0.05, 0.1) is 0 Å². The number of rotatable bonds is 4. The molecule has 0 radical (unpaired) electrons. The summed E-state index contributed by atoms with van der Waals surface area (Å²) < 4.78 is 0. The molecule has 2 amide bonds. The number of nitrogens with one attached hydrogen (secondary N) is 1. The van der Waals surface area contributed by atoms with E-state index in [0.29, 0.717) is 24.2 Å². The molecule has 5 nitrogen and oxygen atoms in total. The van der Waals surface area contributed by atoms with Crippen LogP contribution in [0.15, 0.2) is 71.9 Å². The number of pyridine rings is 1. The normalized spacial score (nSPS) is 12.9. The van der Waals surface area contributed by atoms with Gasteiger partial charge < -0.3 is 10.2 Å². The van der Waals surface area contributed by atoms with E-state index in [1.165, 1.54) is 5.56 Å².